The number of aliphatic carboxylic acids is 1. The fourth-order valence-electron chi connectivity index (χ4n) is 0. The van der Waals surface area contributed by atoms with Gasteiger partial charge >= 0.3 is 81.0 Å². The Kier molecular flexibility index (Phi) is 12.5. The molecule has 9 heteroatoms. The van der Waals surface area contributed by atoms with E-state index >= 15 is 0 Å². The largest absolute Gasteiger partial charge is 1.00 e. The van der Waals surface area contributed by atoms with Crippen molar-refractivity contribution < 1.29 is 107 Å². The summed E-state index contributed by atoms with van der Waals surface area (Å²) in [7, 11) is 0. The van der Waals surface area contributed by atoms with E-state index in [2.05, 4.69) is 0 Å². The van der Waals surface area contributed by atoms with E-state index in [4.69, 9.17) is 24.9 Å². The average molecular weight is 308 g/mol. The summed E-state index contributed by atoms with van der Waals surface area (Å²) in [6, 6.07) is 0. The van der Waals surface area contributed by atoms with Crippen molar-refractivity contribution >= 4 is 12.1 Å². The molecule has 0 aliphatic carbocycles. The van der Waals surface area contributed by atoms with Crippen LogP contribution in [-0.2, 0) is 4.79 Å². The second kappa shape index (κ2) is 8.19. The SMILES string of the molecule is O=C(O)C(F)(F)F.O=C([O-])O.[Cs+]. The van der Waals surface area contributed by atoms with E-state index in [0.29, 0.717) is 0 Å². The van der Waals surface area contributed by atoms with Crippen molar-refractivity contribution in [2.24, 2.45) is 0 Å². The average Bonchev–Trinajstić information content (AvgIpc) is 1.59. The predicted molar refractivity (Wildman–Crippen MR) is 21.7 cm³/mol. The summed E-state index contributed by atoms with van der Waals surface area (Å²) in [5, 5.41) is 22.4. The number of alkyl halides is 3. The topological polar surface area (TPSA) is 97.7 Å². The summed E-state index contributed by atoms with van der Waals surface area (Å²) >= 11 is 0. The van der Waals surface area contributed by atoms with Gasteiger partial charge in [-0.2, -0.15) is 13.2 Å². The first-order valence-electron chi connectivity index (χ1n) is 1.88. The number of rotatable bonds is 0. The van der Waals surface area contributed by atoms with Gasteiger partial charge in [0, 0.05) is 0 Å². The van der Waals surface area contributed by atoms with Gasteiger partial charge in [0.2, 0.25) is 6.16 Å². The minimum atomic E-state index is -5.08. The van der Waals surface area contributed by atoms with Crippen molar-refractivity contribution in [3.63, 3.8) is 0 Å². The zero-order valence-corrected chi connectivity index (χ0v) is 12.0. The Labute approximate surface area is 123 Å². The van der Waals surface area contributed by atoms with Gasteiger partial charge in [-0.3, -0.25) is 0 Å². The number of hydrogen-bond acceptors (Lipinski definition) is 3. The van der Waals surface area contributed by atoms with E-state index in [1.807, 2.05) is 0 Å². The van der Waals surface area contributed by atoms with Crippen LogP contribution in [-0.4, -0.2) is 28.5 Å². The standard InChI is InChI=1S/C2HF3O2.CH2O3.Cs/c3-2(4,5)1(6)7;2-1(3)4;/h(H,6,7);(H2,2,3,4);/q;;+1/p-1. The van der Waals surface area contributed by atoms with Crippen LogP contribution in [0.5, 0.6) is 0 Å². The second-order valence-corrected chi connectivity index (χ2v) is 1.07. The van der Waals surface area contributed by atoms with Gasteiger partial charge in [-0.05, 0) is 0 Å². The Balaban J connectivity index is -0.000000142. The fraction of sp³-hybridized carbons (Fsp3) is 0.333. The van der Waals surface area contributed by atoms with Crippen LogP contribution in [0.2, 0.25) is 0 Å². The second-order valence-electron chi connectivity index (χ2n) is 1.07. The molecule has 0 aromatic heterocycles. The third-order valence-electron chi connectivity index (χ3n) is 0.243. The van der Waals surface area contributed by atoms with Crippen LogP contribution in [0.4, 0.5) is 18.0 Å². The molecule has 0 heterocycles. The number of carboxylic acids is 1. The molecule has 0 aliphatic rings. The van der Waals surface area contributed by atoms with E-state index < -0.39 is 18.3 Å². The van der Waals surface area contributed by atoms with Gasteiger partial charge in [-0.1, -0.05) is 0 Å². The monoisotopic (exact) mass is 308 g/mol. The van der Waals surface area contributed by atoms with Gasteiger partial charge < -0.3 is 20.1 Å². The van der Waals surface area contributed by atoms with Crippen LogP contribution in [0.3, 0.4) is 0 Å². The summed E-state index contributed by atoms with van der Waals surface area (Å²) < 4.78 is 31.7. The van der Waals surface area contributed by atoms with E-state index in [1.54, 1.807) is 0 Å². The third kappa shape index (κ3) is 22.4. The van der Waals surface area contributed by atoms with Crippen LogP contribution < -0.4 is 74.0 Å². The Hall–Kier alpha value is 0.582. The molecule has 0 saturated heterocycles. The molecule has 5 nitrogen and oxygen atoms in total. The zero-order valence-electron chi connectivity index (χ0n) is 5.75. The molecule has 0 fully saturated rings. The van der Waals surface area contributed by atoms with E-state index in [9.17, 15) is 13.2 Å². The molecule has 2 N–H and O–H groups in total. The number of halogens is 3. The van der Waals surface area contributed by atoms with Crippen LogP contribution in [0, 0.1) is 0 Å². The maximum absolute atomic E-state index is 10.6. The summed E-state index contributed by atoms with van der Waals surface area (Å²) in [5.41, 5.74) is 0. The summed E-state index contributed by atoms with van der Waals surface area (Å²) in [6.07, 6.45) is -7.17. The van der Waals surface area contributed by atoms with Crippen LogP contribution in [0.1, 0.15) is 0 Å². The maximum Gasteiger partial charge on any atom is 1.00 e. The molecule has 0 aromatic rings. The van der Waals surface area contributed by atoms with Crippen molar-refractivity contribution in [3.8, 4) is 0 Å². The third-order valence-corrected chi connectivity index (χ3v) is 0.243. The molecule has 0 amide bonds. The first kappa shape index (κ1) is 18.4. The van der Waals surface area contributed by atoms with E-state index in [1.165, 1.54) is 0 Å². The number of carboxylic acid groups (broad SMARTS) is 3. The van der Waals surface area contributed by atoms with Crippen molar-refractivity contribution in [2.75, 3.05) is 0 Å². The molecule has 0 spiro atoms. The number of carbonyl (C=O) groups is 2. The molecule has 12 heavy (non-hydrogen) atoms. The van der Waals surface area contributed by atoms with E-state index in [0.717, 1.165) is 0 Å². The molecule has 0 atom stereocenters. The molecule has 0 bridgehead atoms. The Morgan fingerprint density at radius 1 is 1.17 bits per heavy atom. The first-order valence-corrected chi connectivity index (χ1v) is 1.88. The van der Waals surface area contributed by atoms with Gasteiger partial charge in [-0.25, -0.2) is 4.79 Å². The molecular weight excluding hydrogens is 306 g/mol. The van der Waals surface area contributed by atoms with Crippen molar-refractivity contribution in [1.82, 2.24) is 0 Å². The Morgan fingerprint density at radius 3 is 1.25 bits per heavy atom. The minimum Gasteiger partial charge on any atom is -0.565 e. The van der Waals surface area contributed by atoms with Gasteiger partial charge in [0.25, 0.3) is 0 Å². The normalized spacial score (nSPS) is 8.58. The van der Waals surface area contributed by atoms with Gasteiger partial charge in [-0.15, -0.1) is 0 Å². The van der Waals surface area contributed by atoms with Crippen molar-refractivity contribution in [3.05, 3.63) is 0 Å². The summed E-state index contributed by atoms with van der Waals surface area (Å²) in [5.74, 6) is -2.76. The van der Waals surface area contributed by atoms with Gasteiger partial charge in [0.15, 0.2) is 0 Å². The molecule has 0 radical (unpaired) electrons. The molecule has 0 saturated carbocycles. The maximum atomic E-state index is 10.6. The predicted octanol–water partition coefficient (Wildman–Crippen LogP) is -3.47. The van der Waals surface area contributed by atoms with Crippen LogP contribution >= 0.6 is 0 Å². The molecule has 0 aromatic carbocycles. The molecule has 66 valence electrons. The molecule has 0 aliphatic heterocycles. The summed E-state index contributed by atoms with van der Waals surface area (Å²) in [6.45, 7) is 0. The van der Waals surface area contributed by atoms with Crippen molar-refractivity contribution in [2.45, 2.75) is 6.18 Å². The van der Waals surface area contributed by atoms with E-state index in [-0.39, 0.29) is 68.9 Å². The Morgan fingerprint density at radius 2 is 1.25 bits per heavy atom. The molecule has 0 unspecified atom stereocenters. The Bertz CT molecular complexity index is 151. The fourth-order valence-corrected chi connectivity index (χ4v) is 0. The summed E-state index contributed by atoms with van der Waals surface area (Å²) in [4.78, 5) is 17.3. The molecular formula is C3H2CsF3O5. The van der Waals surface area contributed by atoms with Crippen LogP contribution in [0.25, 0.3) is 0 Å². The molecule has 0 rings (SSSR count). The number of hydrogen-bond donors (Lipinski definition) is 2. The zero-order chi connectivity index (χ0) is 9.65. The first-order chi connectivity index (χ1) is 4.68. The smallest absolute Gasteiger partial charge is 0.565 e. The minimum absolute atomic E-state index is 0. The van der Waals surface area contributed by atoms with Gasteiger partial charge in [0.05, 0.1) is 0 Å². The van der Waals surface area contributed by atoms with Gasteiger partial charge in [0.1, 0.15) is 0 Å². The quantitative estimate of drug-likeness (QED) is 0.484. The van der Waals surface area contributed by atoms with Crippen molar-refractivity contribution in [1.29, 1.82) is 0 Å². The van der Waals surface area contributed by atoms with Crippen LogP contribution in [0.15, 0.2) is 0 Å².